The Hall–Kier alpha value is -2.14. The lowest BCUT2D eigenvalue weighted by Gasteiger charge is -2.37. The summed E-state index contributed by atoms with van der Waals surface area (Å²) >= 11 is 6.44. The number of hydrogen-bond acceptors (Lipinski definition) is 4. The fourth-order valence-electron chi connectivity index (χ4n) is 3.87. The van der Waals surface area contributed by atoms with Crippen LogP contribution < -0.4 is 5.32 Å². The summed E-state index contributed by atoms with van der Waals surface area (Å²) in [6.07, 6.45) is 12.0. The molecule has 1 fully saturated rings. The quantitative estimate of drug-likeness (QED) is 0.769. The summed E-state index contributed by atoms with van der Waals surface area (Å²) in [5.74, 6) is 0.0897. The Bertz CT molecular complexity index is 1050. The molecule has 144 valence electrons. The maximum absolute atomic E-state index is 12.9. The zero-order valence-electron chi connectivity index (χ0n) is 15.5. The standard InChI is InChI=1S/C20H21ClN5OP/c1-13-10-25-11-14(8-16(21)20(25)23-13)17-9-18(27)26-12-15(2-3-19(26)28-17)24-6-4-22-5-7-24/h2-3,8-12,19,22,28H,4-7H2,1H3. The van der Waals surface area contributed by atoms with Gasteiger partial charge in [0, 0.05) is 56.4 Å². The molecule has 1 amide bonds. The van der Waals surface area contributed by atoms with Gasteiger partial charge in [-0.3, -0.25) is 4.79 Å². The number of rotatable bonds is 2. The van der Waals surface area contributed by atoms with Crippen LogP contribution in [0.3, 0.4) is 0 Å². The van der Waals surface area contributed by atoms with Crippen molar-refractivity contribution in [2.75, 3.05) is 26.2 Å². The molecule has 3 aliphatic rings. The minimum atomic E-state index is 0.0220. The van der Waals surface area contributed by atoms with E-state index in [1.54, 1.807) is 6.08 Å². The van der Waals surface area contributed by atoms with Gasteiger partial charge in [-0.05, 0) is 24.4 Å². The van der Waals surface area contributed by atoms with Crippen LogP contribution in [0.1, 0.15) is 11.3 Å². The van der Waals surface area contributed by atoms with E-state index in [0.717, 1.165) is 54.1 Å². The van der Waals surface area contributed by atoms with E-state index in [4.69, 9.17) is 11.6 Å². The number of imidazole rings is 1. The van der Waals surface area contributed by atoms with Crippen molar-refractivity contribution in [2.45, 2.75) is 12.7 Å². The molecule has 0 spiro atoms. The lowest BCUT2D eigenvalue weighted by molar-refractivity contribution is -0.123. The highest BCUT2D eigenvalue weighted by atomic mass is 35.5. The smallest absolute Gasteiger partial charge is 0.252 e. The number of carbonyl (C=O) groups is 1. The monoisotopic (exact) mass is 413 g/mol. The summed E-state index contributed by atoms with van der Waals surface area (Å²) < 4.78 is 1.94. The molecule has 8 heteroatoms. The highest BCUT2D eigenvalue weighted by Gasteiger charge is 2.30. The first-order valence-electron chi connectivity index (χ1n) is 9.40. The number of fused-ring (bicyclic) bond motifs is 2. The molecule has 28 heavy (non-hydrogen) atoms. The van der Waals surface area contributed by atoms with E-state index < -0.39 is 0 Å². The molecular weight excluding hydrogens is 393 g/mol. The van der Waals surface area contributed by atoms with Crippen LogP contribution in [0.4, 0.5) is 0 Å². The first-order chi connectivity index (χ1) is 13.6. The van der Waals surface area contributed by atoms with Gasteiger partial charge in [-0.15, -0.1) is 0 Å². The molecule has 0 bridgehead atoms. The van der Waals surface area contributed by atoms with Crippen molar-refractivity contribution in [1.29, 1.82) is 0 Å². The number of halogens is 1. The van der Waals surface area contributed by atoms with Crippen molar-refractivity contribution in [1.82, 2.24) is 24.5 Å². The Balaban J connectivity index is 1.45. The van der Waals surface area contributed by atoms with Gasteiger partial charge in [0.2, 0.25) is 0 Å². The SMILES string of the molecule is Cc1cn2cc(C3=CC(=O)N4C=C(N5CCNCC5)C=CC4P3)cc(Cl)c2n1. The summed E-state index contributed by atoms with van der Waals surface area (Å²) in [6.45, 7) is 5.84. The Labute approximate surface area is 170 Å². The molecule has 3 aliphatic heterocycles. The number of allylic oxidation sites excluding steroid dienone is 1. The van der Waals surface area contributed by atoms with Gasteiger partial charge in [0.05, 0.1) is 22.2 Å². The van der Waals surface area contributed by atoms with E-state index >= 15 is 0 Å². The molecule has 2 atom stereocenters. The van der Waals surface area contributed by atoms with Crippen molar-refractivity contribution in [3.8, 4) is 0 Å². The van der Waals surface area contributed by atoms with E-state index in [-0.39, 0.29) is 11.7 Å². The first kappa shape index (κ1) is 17.9. The molecule has 0 aromatic carbocycles. The van der Waals surface area contributed by atoms with Crippen molar-refractivity contribution in [3.63, 3.8) is 0 Å². The number of piperazine rings is 1. The molecule has 0 saturated carbocycles. The number of pyridine rings is 1. The lowest BCUT2D eigenvalue weighted by Crippen LogP contribution is -2.44. The van der Waals surface area contributed by atoms with E-state index in [9.17, 15) is 4.79 Å². The van der Waals surface area contributed by atoms with Gasteiger partial charge >= 0.3 is 0 Å². The minimum Gasteiger partial charge on any atom is -0.368 e. The molecule has 2 aromatic heterocycles. The third-order valence-corrected chi connectivity index (χ3v) is 7.05. The number of aromatic nitrogens is 2. The predicted molar refractivity (Wildman–Crippen MR) is 114 cm³/mol. The third-order valence-electron chi connectivity index (χ3n) is 5.27. The molecule has 5 heterocycles. The van der Waals surface area contributed by atoms with E-state index in [1.807, 2.05) is 40.9 Å². The summed E-state index contributed by atoms with van der Waals surface area (Å²) in [7, 11) is 0.470. The molecule has 0 aliphatic carbocycles. The van der Waals surface area contributed by atoms with Crippen LogP contribution >= 0.6 is 20.2 Å². The molecule has 2 unspecified atom stereocenters. The summed E-state index contributed by atoms with van der Waals surface area (Å²) in [5, 5.41) is 5.00. The van der Waals surface area contributed by atoms with E-state index in [2.05, 4.69) is 27.4 Å². The Kier molecular flexibility index (Phi) is 4.50. The van der Waals surface area contributed by atoms with E-state index in [1.165, 1.54) is 0 Å². The molecule has 0 radical (unpaired) electrons. The first-order valence-corrected chi connectivity index (χ1v) is 10.9. The van der Waals surface area contributed by atoms with Crippen LogP contribution in [0.5, 0.6) is 0 Å². The fourth-order valence-corrected chi connectivity index (χ4v) is 5.49. The van der Waals surface area contributed by atoms with Gasteiger partial charge < -0.3 is 19.5 Å². The maximum atomic E-state index is 12.9. The topological polar surface area (TPSA) is 52.9 Å². The van der Waals surface area contributed by atoms with Gasteiger partial charge in [-0.2, -0.15) is 0 Å². The van der Waals surface area contributed by atoms with Gasteiger partial charge in [0.25, 0.3) is 5.91 Å². The largest absolute Gasteiger partial charge is 0.368 e. The molecule has 1 N–H and O–H groups in total. The third kappa shape index (κ3) is 3.16. The number of aryl methyl sites for hydroxylation is 1. The number of carbonyl (C=O) groups excluding carboxylic acids is 1. The summed E-state index contributed by atoms with van der Waals surface area (Å²) in [6, 6.07) is 1.92. The van der Waals surface area contributed by atoms with Crippen LogP contribution in [-0.2, 0) is 4.79 Å². The van der Waals surface area contributed by atoms with Crippen LogP contribution in [0.25, 0.3) is 11.0 Å². The second-order valence-corrected chi connectivity index (χ2v) is 9.06. The second kappa shape index (κ2) is 7.03. The fraction of sp³-hybridized carbons (Fsp3) is 0.300. The summed E-state index contributed by atoms with van der Waals surface area (Å²) in [5.41, 5.74) is 3.76. The highest BCUT2D eigenvalue weighted by Crippen LogP contribution is 2.45. The van der Waals surface area contributed by atoms with Gasteiger partial charge in [0.1, 0.15) is 0 Å². The molecule has 5 rings (SSSR count). The molecule has 6 nitrogen and oxygen atoms in total. The van der Waals surface area contributed by atoms with Gasteiger partial charge in [0.15, 0.2) is 5.65 Å². The van der Waals surface area contributed by atoms with Crippen LogP contribution in [0.2, 0.25) is 5.02 Å². The summed E-state index contributed by atoms with van der Waals surface area (Å²) in [4.78, 5) is 21.5. The zero-order valence-corrected chi connectivity index (χ0v) is 17.3. The van der Waals surface area contributed by atoms with Gasteiger partial charge in [-0.1, -0.05) is 26.3 Å². The number of hydrogen-bond donors (Lipinski definition) is 1. The van der Waals surface area contributed by atoms with Crippen LogP contribution in [0.15, 0.2) is 48.6 Å². The Morgan fingerprint density at radius 1 is 1.29 bits per heavy atom. The molecular formula is C20H21ClN5OP. The van der Waals surface area contributed by atoms with E-state index in [0.29, 0.717) is 13.6 Å². The predicted octanol–water partition coefficient (Wildman–Crippen LogP) is 2.80. The number of nitrogens with zero attached hydrogens (tertiary/aromatic N) is 4. The Morgan fingerprint density at radius 2 is 2.11 bits per heavy atom. The Morgan fingerprint density at radius 3 is 2.93 bits per heavy atom. The molecule has 2 aromatic rings. The average Bonchev–Trinajstić information content (AvgIpc) is 3.09. The normalized spacial score (nSPS) is 23.2. The number of amides is 1. The van der Waals surface area contributed by atoms with Gasteiger partial charge in [-0.25, -0.2) is 4.98 Å². The highest BCUT2D eigenvalue weighted by molar-refractivity contribution is 7.51. The van der Waals surface area contributed by atoms with Crippen molar-refractivity contribution in [3.05, 3.63) is 64.9 Å². The second-order valence-electron chi connectivity index (χ2n) is 7.23. The lowest BCUT2D eigenvalue weighted by atomic mass is 10.2. The zero-order chi connectivity index (χ0) is 19.3. The number of nitrogens with one attached hydrogen (secondary N) is 1. The van der Waals surface area contributed by atoms with Crippen molar-refractivity contribution >= 4 is 37.1 Å². The van der Waals surface area contributed by atoms with Crippen LogP contribution in [-0.4, -0.2) is 57.1 Å². The minimum absolute atomic E-state index is 0.0220. The molecule has 1 saturated heterocycles. The maximum Gasteiger partial charge on any atom is 0.252 e. The van der Waals surface area contributed by atoms with Crippen molar-refractivity contribution in [2.24, 2.45) is 0 Å². The van der Waals surface area contributed by atoms with Crippen LogP contribution in [0, 0.1) is 6.92 Å². The van der Waals surface area contributed by atoms with Crippen molar-refractivity contribution < 1.29 is 4.79 Å². The average molecular weight is 414 g/mol.